The van der Waals surface area contributed by atoms with E-state index in [1.807, 2.05) is 24.3 Å². The van der Waals surface area contributed by atoms with Crippen LogP contribution in [0.3, 0.4) is 0 Å². The largest absolute Gasteiger partial charge is 0.508 e. The molecule has 0 aromatic heterocycles. The lowest BCUT2D eigenvalue weighted by molar-refractivity contribution is -0.598. The SMILES string of the molecule is COc1cc(O)ccc1[I+]c1ccccc1. The average molecular weight is 327 g/mol. The zero-order valence-corrected chi connectivity index (χ0v) is 11.0. The van der Waals surface area contributed by atoms with Gasteiger partial charge >= 0.3 is 21.2 Å². The van der Waals surface area contributed by atoms with E-state index in [2.05, 4.69) is 12.1 Å². The highest BCUT2D eigenvalue weighted by Crippen LogP contribution is 2.17. The molecule has 0 aliphatic heterocycles. The summed E-state index contributed by atoms with van der Waals surface area (Å²) in [6.45, 7) is 0. The molecule has 0 unspecified atom stereocenters. The highest BCUT2D eigenvalue weighted by atomic mass is 127. The van der Waals surface area contributed by atoms with Gasteiger partial charge in [-0.2, -0.15) is 0 Å². The van der Waals surface area contributed by atoms with Gasteiger partial charge in [-0.25, -0.2) is 0 Å². The molecule has 1 N–H and O–H groups in total. The minimum Gasteiger partial charge on any atom is -0.508 e. The lowest BCUT2D eigenvalue weighted by Gasteiger charge is -1.99. The Bertz CT molecular complexity index is 469. The molecule has 0 aliphatic carbocycles. The van der Waals surface area contributed by atoms with Crippen LogP contribution in [0.5, 0.6) is 11.5 Å². The van der Waals surface area contributed by atoms with Gasteiger partial charge in [-0.15, -0.1) is 0 Å². The maximum atomic E-state index is 9.37. The number of hydrogen-bond acceptors (Lipinski definition) is 2. The van der Waals surface area contributed by atoms with E-state index >= 15 is 0 Å². The van der Waals surface area contributed by atoms with Crippen LogP contribution in [0.4, 0.5) is 0 Å². The molecule has 16 heavy (non-hydrogen) atoms. The molecule has 2 nitrogen and oxygen atoms in total. The second-order valence-corrected chi connectivity index (χ2v) is 6.16. The van der Waals surface area contributed by atoms with E-state index in [1.165, 1.54) is 7.14 Å². The van der Waals surface area contributed by atoms with E-state index in [0.29, 0.717) is 0 Å². The van der Waals surface area contributed by atoms with Crippen LogP contribution in [0.1, 0.15) is 0 Å². The van der Waals surface area contributed by atoms with Crippen molar-refractivity contribution in [2.75, 3.05) is 7.11 Å². The van der Waals surface area contributed by atoms with E-state index in [4.69, 9.17) is 4.74 Å². The number of aromatic hydroxyl groups is 1. The van der Waals surface area contributed by atoms with Crippen LogP contribution in [0.2, 0.25) is 0 Å². The van der Waals surface area contributed by atoms with Gasteiger partial charge in [0.15, 0.2) is 9.32 Å². The van der Waals surface area contributed by atoms with Gasteiger partial charge in [0.25, 0.3) is 0 Å². The molecule has 0 radical (unpaired) electrons. The van der Waals surface area contributed by atoms with Gasteiger partial charge in [-0.1, -0.05) is 18.2 Å². The van der Waals surface area contributed by atoms with Crippen LogP contribution in [0.25, 0.3) is 0 Å². The predicted molar refractivity (Wildman–Crippen MR) is 58.5 cm³/mol. The number of halogens is 1. The summed E-state index contributed by atoms with van der Waals surface area (Å²) in [6.07, 6.45) is 0. The maximum absolute atomic E-state index is 9.37. The summed E-state index contributed by atoms with van der Waals surface area (Å²) in [5.41, 5.74) is 0. The third kappa shape index (κ3) is 2.66. The lowest BCUT2D eigenvalue weighted by Crippen LogP contribution is -3.61. The summed E-state index contributed by atoms with van der Waals surface area (Å²) in [6, 6.07) is 15.7. The standard InChI is InChI=1S/C13H11IO2/c1-16-13-9-11(15)7-8-12(13)14-10-5-3-2-4-6-10/h2-9H,1H3/p+1. The first-order chi connectivity index (χ1) is 7.79. The molecule has 82 valence electrons. The number of rotatable bonds is 3. The van der Waals surface area contributed by atoms with Gasteiger partial charge < -0.3 is 9.84 Å². The smallest absolute Gasteiger partial charge is 0.362 e. The second-order valence-electron chi connectivity index (χ2n) is 3.21. The Kier molecular flexibility index (Phi) is 3.66. The van der Waals surface area contributed by atoms with Gasteiger partial charge in [0.2, 0.25) is 3.57 Å². The summed E-state index contributed by atoms with van der Waals surface area (Å²) in [5.74, 6) is 1.02. The lowest BCUT2D eigenvalue weighted by atomic mass is 10.3. The van der Waals surface area contributed by atoms with Gasteiger partial charge in [-0.05, 0) is 24.3 Å². The summed E-state index contributed by atoms with van der Waals surface area (Å²) < 4.78 is 7.79. The van der Waals surface area contributed by atoms with Crippen molar-refractivity contribution in [2.24, 2.45) is 0 Å². The van der Waals surface area contributed by atoms with Crippen molar-refractivity contribution in [3.05, 3.63) is 55.7 Å². The van der Waals surface area contributed by atoms with Gasteiger partial charge in [0.1, 0.15) is 5.75 Å². The Balaban J connectivity index is 2.28. The molecule has 0 saturated heterocycles. The van der Waals surface area contributed by atoms with E-state index in [-0.39, 0.29) is 27.0 Å². The molecule has 0 amide bonds. The first-order valence-electron chi connectivity index (χ1n) is 4.86. The van der Waals surface area contributed by atoms with Crippen molar-refractivity contribution in [3.8, 4) is 11.5 Å². The van der Waals surface area contributed by atoms with Crippen molar-refractivity contribution < 1.29 is 31.0 Å². The Morgan fingerprint density at radius 3 is 2.50 bits per heavy atom. The Labute approximate surface area is 105 Å². The second kappa shape index (κ2) is 5.21. The number of methoxy groups -OCH3 is 1. The van der Waals surface area contributed by atoms with Gasteiger partial charge in [0, 0.05) is 6.07 Å². The molecule has 0 bridgehead atoms. The molecule has 0 spiro atoms. The van der Waals surface area contributed by atoms with Crippen molar-refractivity contribution in [2.45, 2.75) is 0 Å². The monoisotopic (exact) mass is 327 g/mol. The fourth-order valence-electron chi connectivity index (χ4n) is 1.32. The molecule has 3 heteroatoms. The average Bonchev–Trinajstić information content (AvgIpc) is 2.33. The molecular formula is C13H12IO2+. The minimum absolute atomic E-state index is 0.248. The highest BCUT2D eigenvalue weighted by molar-refractivity contribution is 5.31. The normalized spacial score (nSPS) is 10.1. The van der Waals surface area contributed by atoms with E-state index in [1.54, 1.807) is 19.2 Å². The molecule has 0 saturated carbocycles. The topological polar surface area (TPSA) is 29.5 Å². The van der Waals surface area contributed by atoms with Crippen LogP contribution >= 0.6 is 0 Å². The predicted octanol–water partition coefficient (Wildman–Crippen LogP) is -0.471. The number of phenols is 1. The fraction of sp³-hybridized carbons (Fsp3) is 0.0769. The van der Waals surface area contributed by atoms with E-state index < -0.39 is 0 Å². The van der Waals surface area contributed by atoms with Gasteiger partial charge in [0.05, 0.1) is 7.11 Å². The highest BCUT2D eigenvalue weighted by Gasteiger charge is 2.20. The quantitative estimate of drug-likeness (QED) is 0.773. The van der Waals surface area contributed by atoms with Crippen LogP contribution in [-0.4, -0.2) is 12.2 Å². The van der Waals surface area contributed by atoms with Crippen LogP contribution in [0, 0.1) is 7.14 Å². The van der Waals surface area contributed by atoms with Crippen LogP contribution in [0.15, 0.2) is 48.5 Å². The van der Waals surface area contributed by atoms with Gasteiger partial charge in [-0.3, -0.25) is 0 Å². The minimum atomic E-state index is -0.248. The third-order valence-electron chi connectivity index (χ3n) is 2.08. The van der Waals surface area contributed by atoms with Crippen LogP contribution < -0.4 is 25.9 Å². The Morgan fingerprint density at radius 1 is 1.06 bits per heavy atom. The number of ether oxygens (including phenoxy) is 1. The van der Waals surface area contributed by atoms with Crippen molar-refractivity contribution in [1.82, 2.24) is 0 Å². The maximum Gasteiger partial charge on any atom is 0.362 e. The van der Waals surface area contributed by atoms with Crippen molar-refractivity contribution in [1.29, 1.82) is 0 Å². The van der Waals surface area contributed by atoms with E-state index in [9.17, 15) is 5.11 Å². The molecule has 0 aliphatic rings. The number of hydrogen-bond donors (Lipinski definition) is 1. The van der Waals surface area contributed by atoms with Crippen molar-refractivity contribution in [3.63, 3.8) is 0 Å². The zero-order valence-electron chi connectivity index (χ0n) is 8.85. The first-order valence-corrected chi connectivity index (χ1v) is 7.02. The summed E-state index contributed by atoms with van der Waals surface area (Å²) in [7, 11) is 1.63. The number of phenolic OH excluding ortho intramolecular Hbond substituents is 1. The Hall–Kier alpha value is -1.23. The number of benzene rings is 2. The van der Waals surface area contributed by atoms with Crippen LogP contribution in [-0.2, 0) is 0 Å². The molecule has 2 rings (SSSR count). The third-order valence-corrected chi connectivity index (χ3v) is 4.89. The zero-order chi connectivity index (χ0) is 11.4. The van der Waals surface area contributed by atoms with Crippen molar-refractivity contribution >= 4 is 0 Å². The molecule has 0 heterocycles. The molecule has 0 fully saturated rings. The summed E-state index contributed by atoms with van der Waals surface area (Å²) in [4.78, 5) is 0. The van der Waals surface area contributed by atoms with E-state index in [0.717, 1.165) is 5.75 Å². The fourth-order valence-corrected chi connectivity index (χ4v) is 3.77. The molecular weight excluding hydrogens is 315 g/mol. The summed E-state index contributed by atoms with van der Waals surface area (Å²) in [5, 5.41) is 9.37. The Morgan fingerprint density at radius 2 is 1.81 bits per heavy atom. The first kappa shape index (κ1) is 11.3. The molecule has 0 atom stereocenters. The molecule has 2 aromatic rings. The summed E-state index contributed by atoms with van der Waals surface area (Å²) >= 11 is -0.248. The molecule has 2 aromatic carbocycles.